The SMILES string of the molecule is COP(N)(=O)SCc1nc(C(C)C)no1. The van der Waals surface area contributed by atoms with Gasteiger partial charge in [-0.15, -0.1) is 0 Å². The maximum absolute atomic E-state index is 11.3. The third-order valence-corrected chi connectivity index (χ3v) is 4.78. The maximum Gasteiger partial charge on any atom is 0.324 e. The molecule has 0 saturated carbocycles. The minimum atomic E-state index is -3.06. The van der Waals surface area contributed by atoms with E-state index in [-0.39, 0.29) is 5.92 Å². The second-order valence-electron chi connectivity index (χ2n) is 3.20. The van der Waals surface area contributed by atoms with Gasteiger partial charge in [0.15, 0.2) is 5.82 Å². The van der Waals surface area contributed by atoms with Crippen molar-refractivity contribution in [2.24, 2.45) is 5.50 Å². The summed E-state index contributed by atoms with van der Waals surface area (Å²) in [6.07, 6.45) is 0. The molecule has 1 atom stereocenters. The lowest BCUT2D eigenvalue weighted by Crippen LogP contribution is -1.93. The molecule has 86 valence electrons. The Morgan fingerprint density at radius 2 is 2.33 bits per heavy atom. The zero-order chi connectivity index (χ0) is 11.5. The molecule has 0 saturated heterocycles. The van der Waals surface area contributed by atoms with Crippen molar-refractivity contribution in [1.82, 2.24) is 10.1 Å². The third-order valence-electron chi connectivity index (χ3n) is 1.62. The van der Waals surface area contributed by atoms with E-state index < -0.39 is 6.72 Å². The van der Waals surface area contributed by atoms with Gasteiger partial charge in [-0.1, -0.05) is 19.0 Å². The van der Waals surface area contributed by atoms with E-state index >= 15 is 0 Å². The molecule has 1 aromatic rings. The first kappa shape index (κ1) is 12.7. The van der Waals surface area contributed by atoms with Crippen LogP contribution in [0.25, 0.3) is 0 Å². The predicted molar refractivity (Wildman–Crippen MR) is 58.5 cm³/mol. The molecule has 1 unspecified atom stereocenters. The Hall–Kier alpha value is -0.360. The van der Waals surface area contributed by atoms with Crippen LogP contribution < -0.4 is 5.50 Å². The number of rotatable bonds is 5. The predicted octanol–water partition coefficient (Wildman–Crippen LogP) is 2.14. The Morgan fingerprint density at radius 3 is 2.80 bits per heavy atom. The lowest BCUT2D eigenvalue weighted by Gasteiger charge is -2.06. The monoisotopic (exact) mass is 251 g/mol. The lowest BCUT2D eigenvalue weighted by molar-refractivity contribution is 0.382. The Bertz CT molecular complexity index is 368. The molecule has 6 nitrogen and oxygen atoms in total. The van der Waals surface area contributed by atoms with Gasteiger partial charge in [-0.3, -0.25) is 10.1 Å². The van der Waals surface area contributed by atoms with Crippen LogP contribution >= 0.6 is 18.1 Å². The van der Waals surface area contributed by atoms with Crippen LogP contribution in [0, 0.1) is 0 Å². The van der Waals surface area contributed by atoms with Crippen molar-refractivity contribution in [3.8, 4) is 0 Å². The van der Waals surface area contributed by atoms with Gasteiger partial charge in [-0.2, -0.15) is 4.98 Å². The fourth-order valence-electron chi connectivity index (χ4n) is 0.759. The standard InChI is InChI=1S/C7H14N3O3PS/c1-5(2)7-9-6(13-10-7)4-15-14(8,11)12-3/h5H,4H2,1-3H3,(H2,8,11). The van der Waals surface area contributed by atoms with Gasteiger partial charge >= 0.3 is 6.72 Å². The van der Waals surface area contributed by atoms with E-state index in [2.05, 4.69) is 14.7 Å². The molecular weight excluding hydrogens is 237 g/mol. The van der Waals surface area contributed by atoms with Gasteiger partial charge in [0.25, 0.3) is 0 Å². The Balaban J connectivity index is 2.55. The smallest absolute Gasteiger partial charge is 0.324 e. The molecule has 8 heteroatoms. The molecule has 0 aromatic carbocycles. The van der Waals surface area contributed by atoms with Crippen LogP contribution in [-0.4, -0.2) is 17.3 Å². The Kier molecular flexibility index (Phi) is 4.33. The van der Waals surface area contributed by atoms with Crippen molar-refractivity contribution in [3.63, 3.8) is 0 Å². The molecule has 0 radical (unpaired) electrons. The molecule has 1 heterocycles. The molecule has 0 fully saturated rings. The van der Waals surface area contributed by atoms with Crippen molar-refractivity contribution in [3.05, 3.63) is 11.7 Å². The molecular formula is C7H14N3O3PS. The van der Waals surface area contributed by atoms with Gasteiger partial charge in [0.1, 0.15) is 0 Å². The summed E-state index contributed by atoms with van der Waals surface area (Å²) in [6, 6.07) is 0. The van der Waals surface area contributed by atoms with Crippen LogP contribution in [-0.2, 0) is 14.8 Å². The van der Waals surface area contributed by atoms with Crippen molar-refractivity contribution in [1.29, 1.82) is 0 Å². The Labute approximate surface area is 92.2 Å². The molecule has 2 N–H and O–H groups in total. The fraction of sp³-hybridized carbons (Fsp3) is 0.714. The molecule has 0 aliphatic heterocycles. The Morgan fingerprint density at radius 1 is 1.67 bits per heavy atom. The quantitative estimate of drug-likeness (QED) is 0.801. The zero-order valence-corrected chi connectivity index (χ0v) is 10.5. The highest BCUT2D eigenvalue weighted by molar-refractivity contribution is 8.55. The molecule has 15 heavy (non-hydrogen) atoms. The molecule has 0 bridgehead atoms. The van der Waals surface area contributed by atoms with Gasteiger partial charge in [0.05, 0.1) is 5.75 Å². The lowest BCUT2D eigenvalue weighted by atomic mass is 10.2. The van der Waals surface area contributed by atoms with E-state index in [1.165, 1.54) is 7.11 Å². The number of hydrogen-bond donors (Lipinski definition) is 1. The highest BCUT2D eigenvalue weighted by Gasteiger charge is 2.18. The topological polar surface area (TPSA) is 91.2 Å². The van der Waals surface area contributed by atoms with E-state index in [0.29, 0.717) is 17.5 Å². The highest BCUT2D eigenvalue weighted by atomic mass is 32.7. The second kappa shape index (κ2) is 5.12. The van der Waals surface area contributed by atoms with Gasteiger partial charge in [-0.05, 0) is 11.4 Å². The van der Waals surface area contributed by atoms with E-state index in [0.717, 1.165) is 11.4 Å². The number of hydrogen-bond acceptors (Lipinski definition) is 6. The van der Waals surface area contributed by atoms with Gasteiger partial charge in [-0.25, -0.2) is 0 Å². The van der Waals surface area contributed by atoms with Crippen LogP contribution in [0.2, 0.25) is 0 Å². The van der Waals surface area contributed by atoms with E-state index in [1.807, 2.05) is 13.8 Å². The minimum Gasteiger partial charge on any atom is -0.338 e. The van der Waals surface area contributed by atoms with Crippen molar-refractivity contribution < 1.29 is 13.6 Å². The van der Waals surface area contributed by atoms with Gasteiger partial charge in [0.2, 0.25) is 5.89 Å². The summed E-state index contributed by atoms with van der Waals surface area (Å²) in [6.45, 7) is 0.862. The van der Waals surface area contributed by atoms with E-state index in [1.54, 1.807) is 0 Å². The van der Waals surface area contributed by atoms with Crippen molar-refractivity contribution >= 4 is 18.1 Å². The number of nitrogens with zero attached hydrogens (tertiary/aromatic N) is 2. The summed E-state index contributed by atoms with van der Waals surface area (Å²) in [4.78, 5) is 4.12. The summed E-state index contributed by atoms with van der Waals surface area (Å²) in [7, 11) is 1.31. The average Bonchev–Trinajstić information content (AvgIpc) is 2.63. The molecule has 0 spiro atoms. The third kappa shape index (κ3) is 3.95. The maximum atomic E-state index is 11.3. The highest BCUT2D eigenvalue weighted by Crippen LogP contribution is 2.52. The molecule has 0 aliphatic rings. The van der Waals surface area contributed by atoms with Crippen LogP contribution in [0.15, 0.2) is 4.52 Å². The van der Waals surface area contributed by atoms with Crippen molar-refractivity contribution in [2.75, 3.05) is 7.11 Å². The fourth-order valence-corrected chi connectivity index (χ4v) is 2.46. The first-order valence-corrected chi connectivity index (χ1v) is 7.64. The number of nitrogens with two attached hydrogens (primary N) is 1. The number of aromatic nitrogens is 2. The molecule has 0 aliphatic carbocycles. The van der Waals surface area contributed by atoms with E-state index in [9.17, 15) is 4.57 Å². The van der Waals surface area contributed by atoms with Gasteiger partial charge in [0, 0.05) is 13.0 Å². The minimum absolute atomic E-state index is 0.208. The summed E-state index contributed by atoms with van der Waals surface area (Å²) in [5, 5.41) is 3.77. The second-order valence-corrected chi connectivity index (χ2v) is 7.49. The first-order valence-electron chi connectivity index (χ1n) is 4.36. The van der Waals surface area contributed by atoms with Crippen LogP contribution in [0.3, 0.4) is 0 Å². The van der Waals surface area contributed by atoms with Crippen LogP contribution in [0.4, 0.5) is 0 Å². The van der Waals surface area contributed by atoms with Crippen LogP contribution in [0.5, 0.6) is 0 Å². The van der Waals surface area contributed by atoms with Gasteiger partial charge < -0.3 is 9.05 Å². The van der Waals surface area contributed by atoms with Crippen molar-refractivity contribution in [2.45, 2.75) is 25.5 Å². The summed E-state index contributed by atoms with van der Waals surface area (Å²) >= 11 is 0.972. The molecule has 1 aromatic heterocycles. The summed E-state index contributed by atoms with van der Waals surface area (Å²) < 4.78 is 20.9. The summed E-state index contributed by atoms with van der Waals surface area (Å²) in [5.41, 5.74) is 5.34. The first-order chi connectivity index (χ1) is 6.94. The zero-order valence-electron chi connectivity index (χ0n) is 8.84. The summed E-state index contributed by atoms with van der Waals surface area (Å²) in [5.74, 6) is 1.54. The molecule has 0 amide bonds. The van der Waals surface area contributed by atoms with E-state index in [4.69, 9.17) is 10.0 Å². The molecule has 1 rings (SSSR count). The average molecular weight is 251 g/mol. The largest absolute Gasteiger partial charge is 0.338 e. The van der Waals surface area contributed by atoms with Crippen LogP contribution in [0.1, 0.15) is 31.5 Å². The normalized spacial score (nSPS) is 15.5.